The molecule has 0 radical (unpaired) electrons. The quantitative estimate of drug-likeness (QED) is 0.758. The molecule has 0 atom stereocenters. The summed E-state index contributed by atoms with van der Waals surface area (Å²) < 4.78 is 0. The second-order valence-corrected chi connectivity index (χ2v) is 3.18. The van der Waals surface area contributed by atoms with Crippen LogP contribution in [-0.4, -0.2) is 10.2 Å². The summed E-state index contributed by atoms with van der Waals surface area (Å²) in [5.41, 5.74) is 7.78. The lowest BCUT2D eigenvalue weighted by molar-refractivity contribution is 0.944. The van der Waals surface area contributed by atoms with E-state index >= 15 is 0 Å². The molecule has 0 fully saturated rings. The van der Waals surface area contributed by atoms with E-state index in [9.17, 15) is 4.79 Å². The van der Waals surface area contributed by atoms with Crippen molar-refractivity contribution in [2.24, 2.45) is 5.73 Å². The molecule has 0 saturated heterocycles. The molecule has 0 aliphatic heterocycles. The van der Waals surface area contributed by atoms with Gasteiger partial charge < -0.3 is 5.73 Å². The third kappa shape index (κ3) is 1.94. The smallest absolute Gasteiger partial charge is 0.264 e. The molecular weight excluding hydrogens is 190 g/mol. The van der Waals surface area contributed by atoms with E-state index in [1.165, 1.54) is 6.07 Å². The Morgan fingerprint density at radius 1 is 1.27 bits per heavy atom. The highest BCUT2D eigenvalue weighted by atomic mass is 16.1. The summed E-state index contributed by atoms with van der Waals surface area (Å²) in [4.78, 5) is 11.1. The Morgan fingerprint density at radius 2 is 2.00 bits per heavy atom. The fourth-order valence-corrected chi connectivity index (χ4v) is 1.44. The van der Waals surface area contributed by atoms with Crippen LogP contribution in [0.1, 0.15) is 5.56 Å². The fourth-order valence-electron chi connectivity index (χ4n) is 1.44. The highest BCUT2D eigenvalue weighted by Crippen LogP contribution is 2.18. The zero-order chi connectivity index (χ0) is 10.7. The number of benzene rings is 1. The first kappa shape index (κ1) is 9.61. The Bertz CT molecular complexity index is 505. The average molecular weight is 201 g/mol. The molecule has 0 spiro atoms. The lowest BCUT2D eigenvalue weighted by atomic mass is 10.1. The van der Waals surface area contributed by atoms with Crippen molar-refractivity contribution in [3.05, 3.63) is 52.3 Å². The first-order valence-corrected chi connectivity index (χ1v) is 4.65. The van der Waals surface area contributed by atoms with Gasteiger partial charge in [-0.2, -0.15) is 5.10 Å². The molecule has 15 heavy (non-hydrogen) atoms. The van der Waals surface area contributed by atoms with E-state index in [0.717, 1.165) is 16.8 Å². The molecule has 3 N–H and O–H groups in total. The molecule has 4 nitrogen and oxygen atoms in total. The lowest BCUT2D eigenvalue weighted by Crippen LogP contribution is -2.12. The van der Waals surface area contributed by atoms with Gasteiger partial charge in [0.15, 0.2) is 0 Å². The zero-order valence-electron chi connectivity index (χ0n) is 8.10. The van der Waals surface area contributed by atoms with Gasteiger partial charge in [0.05, 0.1) is 5.69 Å². The number of aromatic amines is 1. The third-order valence-corrected chi connectivity index (χ3v) is 2.15. The van der Waals surface area contributed by atoms with Gasteiger partial charge >= 0.3 is 0 Å². The minimum Gasteiger partial charge on any atom is -0.326 e. The summed E-state index contributed by atoms with van der Waals surface area (Å²) in [6.07, 6.45) is 0. The van der Waals surface area contributed by atoms with Crippen LogP contribution in [0.15, 0.2) is 41.2 Å². The van der Waals surface area contributed by atoms with Crippen molar-refractivity contribution in [2.75, 3.05) is 0 Å². The van der Waals surface area contributed by atoms with Crippen LogP contribution in [0.5, 0.6) is 0 Å². The summed E-state index contributed by atoms with van der Waals surface area (Å²) in [5.74, 6) is 0. The summed E-state index contributed by atoms with van der Waals surface area (Å²) >= 11 is 0. The fraction of sp³-hybridized carbons (Fsp3) is 0.0909. The van der Waals surface area contributed by atoms with Crippen LogP contribution in [0.4, 0.5) is 0 Å². The van der Waals surface area contributed by atoms with Gasteiger partial charge in [-0.05, 0) is 5.56 Å². The topological polar surface area (TPSA) is 71.8 Å². The molecule has 0 amide bonds. The van der Waals surface area contributed by atoms with E-state index in [-0.39, 0.29) is 5.56 Å². The first-order valence-electron chi connectivity index (χ1n) is 4.65. The molecule has 2 aromatic rings. The van der Waals surface area contributed by atoms with Gasteiger partial charge in [0.1, 0.15) is 0 Å². The highest BCUT2D eigenvalue weighted by molar-refractivity contribution is 5.61. The van der Waals surface area contributed by atoms with E-state index < -0.39 is 0 Å². The van der Waals surface area contributed by atoms with Crippen LogP contribution < -0.4 is 11.3 Å². The third-order valence-electron chi connectivity index (χ3n) is 2.15. The molecule has 1 heterocycles. The number of H-pyrrole nitrogens is 1. The minimum absolute atomic E-state index is 0.227. The van der Waals surface area contributed by atoms with Gasteiger partial charge in [-0.1, -0.05) is 30.3 Å². The van der Waals surface area contributed by atoms with Crippen LogP contribution in [0, 0.1) is 0 Å². The maximum absolute atomic E-state index is 11.1. The summed E-state index contributed by atoms with van der Waals surface area (Å²) in [5, 5.41) is 6.41. The molecule has 1 aromatic heterocycles. The predicted octanol–water partition coefficient (Wildman–Crippen LogP) is 0.896. The Kier molecular flexibility index (Phi) is 2.60. The van der Waals surface area contributed by atoms with Crippen molar-refractivity contribution in [1.82, 2.24) is 10.2 Å². The van der Waals surface area contributed by atoms with E-state index in [2.05, 4.69) is 10.2 Å². The Hall–Kier alpha value is -1.94. The van der Waals surface area contributed by atoms with Crippen molar-refractivity contribution >= 4 is 0 Å². The van der Waals surface area contributed by atoms with E-state index in [1.54, 1.807) is 0 Å². The van der Waals surface area contributed by atoms with Crippen LogP contribution in [-0.2, 0) is 6.54 Å². The van der Waals surface area contributed by atoms with Crippen molar-refractivity contribution in [1.29, 1.82) is 0 Å². The highest BCUT2D eigenvalue weighted by Gasteiger charge is 2.05. The summed E-state index contributed by atoms with van der Waals surface area (Å²) in [7, 11) is 0. The molecule has 0 saturated carbocycles. The van der Waals surface area contributed by atoms with Crippen molar-refractivity contribution in [2.45, 2.75) is 6.54 Å². The molecule has 2 rings (SSSR count). The largest absolute Gasteiger partial charge is 0.326 e. The van der Waals surface area contributed by atoms with Gasteiger partial charge in [0, 0.05) is 18.2 Å². The molecule has 0 unspecified atom stereocenters. The van der Waals surface area contributed by atoms with Crippen molar-refractivity contribution in [3.8, 4) is 11.3 Å². The molecule has 0 aliphatic carbocycles. The molecule has 0 aliphatic rings. The molecule has 76 valence electrons. The second kappa shape index (κ2) is 4.06. The van der Waals surface area contributed by atoms with Gasteiger partial charge in [-0.3, -0.25) is 4.79 Å². The van der Waals surface area contributed by atoms with Crippen molar-refractivity contribution in [3.63, 3.8) is 0 Å². The van der Waals surface area contributed by atoms with Gasteiger partial charge in [0.25, 0.3) is 5.56 Å². The number of nitrogens with zero attached hydrogens (tertiary/aromatic N) is 1. The maximum atomic E-state index is 11.1. The minimum atomic E-state index is -0.227. The molecule has 4 heteroatoms. The van der Waals surface area contributed by atoms with Gasteiger partial charge in [-0.15, -0.1) is 0 Å². The number of hydrogen-bond donors (Lipinski definition) is 2. The molecular formula is C11H11N3O. The molecule has 1 aromatic carbocycles. The average Bonchev–Trinajstić information content (AvgIpc) is 2.30. The number of rotatable bonds is 2. The Labute approximate surface area is 86.8 Å². The molecule has 0 bridgehead atoms. The predicted molar refractivity (Wildman–Crippen MR) is 58.2 cm³/mol. The first-order chi connectivity index (χ1) is 7.31. The summed E-state index contributed by atoms with van der Waals surface area (Å²) in [6.45, 7) is 0.307. The van der Waals surface area contributed by atoms with Crippen LogP contribution in [0.25, 0.3) is 11.3 Å². The SMILES string of the molecule is NCc1cc(=O)[nH]nc1-c1ccccc1. The van der Waals surface area contributed by atoms with E-state index in [1.807, 2.05) is 30.3 Å². The summed E-state index contributed by atoms with van der Waals surface area (Å²) in [6, 6.07) is 11.1. The van der Waals surface area contributed by atoms with E-state index in [4.69, 9.17) is 5.73 Å². The Morgan fingerprint density at radius 3 is 2.67 bits per heavy atom. The van der Waals surface area contributed by atoms with Gasteiger partial charge in [0.2, 0.25) is 0 Å². The monoisotopic (exact) mass is 201 g/mol. The standard InChI is InChI=1S/C11H11N3O/c12-7-9-6-10(15)13-14-11(9)8-4-2-1-3-5-8/h1-6H,7,12H2,(H,13,15). The lowest BCUT2D eigenvalue weighted by Gasteiger charge is -2.04. The van der Waals surface area contributed by atoms with Crippen molar-refractivity contribution < 1.29 is 0 Å². The van der Waals surface area contributed by atoms with Crippen LogP contribution in [0.3, 0.4) is 0 Å². The number of nitrogens with one attached hydrogen (secondary N) is 1. The normalized spacial score (nSPS) is 10.2. The van der Waals surface area contributed by atoms with Crippen LogP contribution in [0.2, 0.25) is 0 Å². The zero-order valence-corrected chi connectivity index (χ0v) is 8.10. The maximum Gasteiger partial charge on any atom is 0.264 e. The van der Waals surface area contributed by atoms with Gasteiger partial charge in [-0.25, -0.2) is 5.10 Å². The second-order valence-electron chi connectivity index (χ2n) is 3.18. The number of aromatic nitrogens is 2. The van der Waals surface area contributed by atoms with Crippen LogP contribution >= 0.6 is 0 Å². The Balaban J connectivity index is 2.58. The van der Waals surface area contributed by atoms with E-state index in [0.29, 0.717) is 6.54 Å². The number of hydrogen-bond acceptors (Lipinski definition) is 3. The number of nitrogens with two attached hydrogens (primary N) is 1.